The van der Waals surface area contributed by atoms with Gasteiger partial charge in [-0.15, -0.1) is 0 Å². The molecule has 0 bridgehead atoms. The van der Waals surface area contributed by atoms with Gasteiger partial charge in [-0.25, -0.2) is 8.78 Å². The molecule has 2 aromatic rings. The zero-order valence-electron chi connectivity index (χ0n) is 21.8. The number of benzene rings is 1. The van der Waals surface area contributed by atoms with Crippen LogP contribution in [0.3, 0.4) is 0 Å². The second-order valence-corrected chi connectivity index (χ2v) is 10.9. The molecule has 1 aromatic heterocycles. The fourth-order valence-corrected chi connectivity index (χ4v) is 5.17. The van der Waals surface area contributed by atoms with Crippen molar-refractivity contribution in [2.24, 2.45) is 17.3 Å². The number of ether oxygens (including phenoxy) is 1. The van der Waals surface area contributed by atoms with Gasteiger partial charge >= 0.3 is 5.91 Å². The highest BCUT2D eigenvalue weighted by Crippen LogP contribution is 2.38. The molecule has 7 nitrogen and oxygen atoms in total. The fourth-order valence-electron chi connectivity index (χ4n) is 5.17. The maximum absolute atomic E-state index is 14.2. The molecule has 3 heterocycles. The molecule has 1 amide bonds. The van der Waals surface area contributed by atoms with E-state index in [1.165, 1.54) is 6.07 Å². The van der Waals surface area contributed by atoms with Gasteiger partial charge in [-0.2, -0.15) is 9.56 Å². The van der Waals surface area contributed by atoms with Gasteiger partial charge in [-0.05, 0) is 49.3 Å². The second kappa shape index (κ2) is 10.2. The van der Waals surface area contributed by atoms with E-state index in [2.05, 4.69) is 22.4 Å². The van der Waals surface area contributed by atoms with Crippen LogP contribution in [0.2, 0.25) is 0 Å². The molecule has 0 saturated carbocycles. The fraction of sp³-hybridized carbons (Fsp3) is 0.556. The van der Waals surface area contributed by atoms with Gasteiger partial charge in [0.1, 0.15) is 13.1 Å². The van der Waals surface area contributed by atoms with Crippen LogP contribution in [-0.2, 0) is 9.53 Å². The first kappa shape index (κ1) is 26.1. The summed E-state index contributed by atoms with van der Waals surface area (Å²) in [5.41, 5.74) is 2.29. The SMILES string of the molecule is Cc1noc(C(NC(=O)C2=C3COCCCC(C)C3CC(c3ccc(F)c(F)c3)=[N+]2C)C(C)(C)C)n1. The van der Waals surface area contributed by atoms with E-state index >= 15 is 0 Å². The number of aromatic nitrogens is 2. The molecule has 3 atom stereocenters. The maximum Gasteiger partial charge on any atom is 0.316 e. The lowest BCUT2D eigenvalue weighted by Crippen LogP contribution is -2.44. The van der Waals surface area contributed by atoms with E-state index in [-0.39, 0.29) is 17.7 Å². The van der Waals surface area contributed by atoms with E-state index in [1.54, 1.807) is 24.6 Å². The van der Waals surface area contributed by atoms with Crippen molar-refractivity contribution in [1.29, 1.82) is 0 Å². The average molecular weight is 502 g/mol. The largest absolute Gasteiger partial charge is 0.377 e. The zero-order valence-corrected chi connectivity index (χ0v) is 21.8. The van der Waals surface area contributed by atoms with E-state index in [4.69, 9.17) is 9.26 Å². The Bertz CT molecular complexity index is 1210. The Morgan fingerprint density at radius 1 is 1.25 bits per heavy atom. The Morgan fingerprint density at radius 2 is 2.00 bits per heavy atom. The minimum atomic E-state index is -0.914. The zero-order chi connectivity index (χ0) is 26.2. The van der Waals surface area contributed by atoms with Gasteiger partial charge in [-0.3, -0.25) is 4.79 Å². The van der Waals surface area contributed by atoms with Crippen molar-refractivity contribution in [3.63, 3.8) is 0 Å². The smallest absolute Gasteiger partial charge is 0.316 e. The standard InChI is InChI=1S/C27H34F2N4O3/c1-15-8-7-11-35-14-19-18(15)13-22(17-9-10-20(28)21(29)12-17)33(6)23(19)25(34)31-24(27(3,4)5)26-30-16(2)32-36-26/h9-10,12,15,18,24H,7-8,11,13-14H2,1-6H3/p+1. The van der Waals surface area contributed by atoms with Gasteiger partial charge in [-0.1, -0.05) is 32.9 Å². The normalized spacial score (nSPS) is 22.1. The summed E-state index contributed by atoms with van der Waals surface area (Å²) in [7, 11) is 1.79. The van der Waals surface area contributed by atoms with Crippen LogP contribution in [0, 0.1) is 35.8 Å². The number of likely N-dealkylation sites (N-methyl/N-ethyl adjacent to an activating group) is 1. The van der Waals surface area contributed by atoms with Crippen molar-refractivity contribution < 1.29 is 27.4 Å². The summed E-state index contributed by atoms with van der Waals surface area (Å²) in [4.78, 5) is 18.4. The lowest BCUT2D eigenvalue weighted by Gasteiger charge is -2.33. The number of carbonyl (C=O) groups excluding carboxylic acids is 1. The van der Waals surface area contributed by atoms with Gasteiger partial charge in [0, 0.05) is 30.1 Å². The summed E-state index contributed by atoms with van der Waals surface area (Å²) in [6, 6.07) is 3.36. The first-order chi connectivity index (χ1) is 17.0. The highest BCUT2D eigenvalue weighted by atomic mass is 19.2. The summed E-state index contributed by atoms with van der Waals surface area (Å²) in [5.74, 6) is -0.973. The number of amides is 1. The van der Waals surface area contributed by atoms with Crippen LogP contribution in [0.4, 0.5) is 8.78 Å². The van der Waals surface area contributed by atoms with Gasteiger partial charge in [0.25, 0.3) is 5.70 Å². The van der Waals surface area contributed by atoms with Crippen molar-refractivity contribution in [3.8, 4) is 0 Å². The Balaban J connectivity index is 1.82. The molecular formula is C27H35F2N4O3+. The topological polar surface area (TPSA) is 80.3 Å². The minimum Gasteiger partial charge on any atom is -0.377 e. The number of halogens is 2. The van der Waals surface area contributed by atoms with Gasteiger partial charge in [0.15, 0.2) is 23.2 Å². The molecule has 2 aliphatic heterocycles. The van der Waals surface area contributed by atoms with E-state index in [9.17, 15) is 13.6 Å². The van der Waals surface area contributed by atoms with Crippen LogP contribution in [0.5, 0.6) is 0 Å². The van der Waals surface area contributed by atoms with E-state index in [0.717, 1.165) is 30.2 Å². The highest BCUT2D eigenvalue weighted by molar-refractivity contribution is 6.01. The Hall–Kier alpha value is -2.94. The average Bonchev–Trinajstić information content (AvgIpc) is 3.22. The van der Waals surface area contributed by atoms with Crippen LogP contribution >= 0.6 is 0 Å². The predicted molar refractivity (Wildman–Crippen MR) is 130 cm³/mol. The highest BCUT2D eigenvalue weighted by Gasteiger charge is 2.43. The number of hydrogen-bond acceptors (Lipinski definition) is 5. The number of aryl methyl sites for hydroxylation is 1. The number of rotatable bonds is 4. The molecule has 1 saturated heterocycles. The summed E-state index contributed by atoms with van der Waals surface area (Å²) in [6.45, 7) is 10.8. The lowest BCUT2D eigenvalue weighted by atomic mass is 9.76. The lowest BCUT2D eigenvalue weighted by molar-refractivity contribution is -0.443. The van der Waals surface area contributed by atoms with Crippen molar-refractivity contribution in [3.05, 3.63) is 58.4 Å². The van der Waals surface area contributed by atoms with E-state index < -0.39 is 23.1 Å². The minimum absolute atomic E-state index is 0.0316. The summed E-state index contributed by atoms with van der Waals surface area (Å²) in [5, 5.41) is 7.03. The van der Waals surface area contributed by atoms with Crippen LogP contribution in [0.15, 0.2) is 34.0 Å². The van der Waals surface area contributed by atoms with Gasteiger partial charge in [0.2, 0.25) is 5.89 Å². The van der Waals surface area contributed by atoms with Crippen LogP contribution in [0.1, 0.15) is 70.3 Å². The molecule has 3 unspecified atom stereocenters. The third kappa shape index (κ3) is 5.26. The molecule has 1 fully saturated rings. The van der Waals surface area contributed by atoms with Crippen molar-refractivity contribution >= 4 is 11.6 Å². The van der Waals surface area contributed by atoms with E-state index in [1.807, 2.05) is 20.8 Å². The number of hydrogen-bond donors (Lipinski definition) is 1. The number of nitrogens with zero attached hydrogens (tertiary/aromatic N) is 3. The van der Waals surface area contributed by atoms with Gasteiger partial charge < -0.3 is 14.6 Å². The molecule has 36 heavy (non-hydrogen) atoms. The van der Waals surface area contributed by atoms with Crippen molar-refractivity contribution in [2.45, 2.75) is 59.9 Å². The third-order valence-electron chi connectivity index (χ3n) is 7.20. The second-order valence-electron chi connectivity index (χ2n) is 10.9. The van der Waals surface area contributed by atoms with Crippen LogP contribution in [-0.4, -0.2) is 46.6 Å². The van der Waals surface area contributed by atoms with Crippen LogP contribution in [0.25, 0.3) is 0 Å². The molecule has 4 rings (SSSR count). The first-order valence-corrected chi connectivity index (χ1v) is 12.4. The third-order valence-corrected chi connectivity index (χ3v) is 7.20. The molecular weight excluding hydrogens is 466 g/mol. The molecule has 1 aromatic carbocycles. The van der Waals surface area contributed by atoms with Crippen molar-refractivity contribution in [1.82, 2.24) is 15.5 Å². The quantitative estimate of drug-likeness (QED) is 0.614. The van der Waals surface area contributed by atoms with Crippen LogP contribution < -0.4 is 5.32 Å². The monoisotopic (exact) mass is 501 g/mol. The molecule has 2 aliphatic rings. The molecule has 1 N–H and O–H groups in total. The van der Waals surface area contributed by atoms with E-state index in [0.29, 0.717) is 42.6 Å². The number of nitrogens with one attached hydrogen (secondary N) is 1. The number of fused-ring (bicyclic) bond motifs is 1. The number of carbonyl (C=O) groups is 1. The molecule has 9 heteroatoms. The first-order valence-electron chi connectivity index (χ1n) is 12.4. The Labute approximate surface area is 210 Å². The van der Waals surface area contributed by atoms with Crippen molar-refractivity contribution in [2.75, 3.05) is 20.3 Å². The van der Waals surface area contributed by atoms with Gasteiger partial charge in [0.05, 0.1) is 6.61 Å². The summed E-state index contributed by atoms with van der Waals surface area (Å²) >= 11 is 0. The molecule has 0 spiro atoms. The maximum atomic E-state index is 14.2. The predicted octanol–water partition coefficient (Wildman–Crippen LogP) is 4.71. The molecule has 0 aliphatic carbocycles. The summed E-state index contributed by atoms with van der Waals surface area (Å²) in [6.07, 6.45) is 2.49. The summed E-state index contributed by atoms with van der Waals surface area (Å²) < 4.78 is 41.1. The Morgan fingerprint density at radius 3 is 2.64 bits per heavy atom. The molecule has 194 valence electrons. The Kier molecular flexibility index (Phi) is 7.41. The molecule has 0 radical (unpaired) electrons.